The van der Waals surface area contributed by atoms with Crippen LogP contribution in [-0.2, 0) is 4.79 Å². The van der Waals surface area contributed by atoms with Gasteiger partial charge in [-0.15, -0.1) is 0 Å². The van der Waals surface area contributed by atoms with Crippen LogP contribution in [0.1, 0.15) is 6.42 Å². The number of benzene rings is 2. The Morgan fingerprint density at radius 2 is 1.74 bits per heavy atom. The summed E-state index contributed by atoms with van der Waals surface area (Å²) in [5.74, 6) is -0.0431. The van der Waals surface area contributed by atoms with Gasteiger partial charge in [-0.2, -0.15) is 0 Å². The number of amides is 1. The summed E-state index contributed by atoms with van der Waals surface area (Å²) >= 11 is 5.83. The Bertz CT molecular complexity index is 805. The van der Waals surface area contributed by atoms with Crippen molar-refractivity contribution in [2.24, 2.45) is 0 Å². The van der Waals surface area contributed by atoms with Crippen LogP contribution in [0.5, 0.6) is 0 Å². The monoisotopic (exact) mass is 388 g/mol. The first-order valence-electron chi connectivity index (χ1n) is 8.79. The maximum atomic E-state index is 12.1. The van der Waals surface area contributed by atoms with Crippen LogP contribution >= 0.6 is 11.6 Å². The summed E-state index contributed by atoms with van der Waals surface area (Å²) in [5, 5.41) is 14.7. The van der Waals surface area contributed by atoms with Crippen LogP contribution < -0.4 is 10.2 Å². The van der Waals surface area contributed by atoms with Gasteiger partial charge in [0.25, 0.3) is 5.69 Å². The van der Waals surface area contributed by atoms with E-state index < -0.39 is 0 Å². The van der Waals surface area contributed by atoms with Gasteiger partial charge in [0.2, 0.25) is 5.91 Å². The molecule has 0 radical (unpaired) electrons. The number of para-hydroxylation sites is 2. The number of nitrogens with zero attached hydrogens (tertiary/aromatic N) is 3. The Kier molecular flexibility index (Phi) is 6.26. The van der Waals surface area contributed by atoms with Gasteiger partial charge in [-0.25, -0.2) is 0 Å². The van der Waals surface area contributed by atoms with Crippen LogP contribution in [0.25, 0.3) is 0 Å². The zero-order valence-corrected chi connectivity index (χ0v) is 15.6. The Labute approximate surface area is 162 Å². The molecule has 1 amide bonds. The highest BCUT2D eigenvalue weighted by atomic mass is 35.5. The van der Waals surface area contributed by atoms with Crippen LogP contribution in [0.15, 0.2) is 48.5 Å². The quantitative estimate of drug-likeness (QED) is 0.606. The van der Waals surface area contributed by atoms with Gasteiger partial charge in [-0.05, 0) is 30.3 Å². The number of halogens is 1. The van der Waals surface area contributed by atoms with Crippen molar-refractivity contribution in [1.29, 1.82) is 0 Å². The summed E-state index contributed by atoms with van der Waals surface area (Å²) in [6.45, 7) is 3.58. The van der Waals surface area contributed by atoms with E-state index in [1.807, 2.05) is 11.0 Å². The molecule has 3 rings (SSSR count). The van der Waals surface area contributed by atoms with Gasteiger partial charge in [0.15, 0.2) is 0 Å². The highest BCUT2D eigenvalue weighted by Crippen LogP contribution is 2.28. The summed E-state index contributed by atoms with van der Waals surface area (Å²) in [6.07, 6.45) is 0.397. The van der Waals surface area contributed by atoms with Crippen molar-refractivity contribution < 1.29 is 9.72 Å². The van der Waals surface area contributed by atoms with E-state index in [0.717, 1.165) is 18.8 Å². The molecule has 0 bridgehead atoms. The predicted octanol–water partition coefficient (Wildman–Crippen LogP) is 3.40. The summed E-state index contributed by atoms with van der Waals surface area (Å²) in [7, 11) is 0. The van der Waals surface area contributed by atoms with Gasteiger partial charge in [0.05, 0.1) is 4.92 Å². The molecule has 7 nitrogen and oxygen atoms in total. The fraction of sp³-hybridized carbons (Fsp3) is 0.316. The van der Waals surface area contributed by atoms with E-state index >= 15 is 0 Å². The summed E-state index contributed by atoms with van der Waals surface area (Å²) < 4.78 is 0. The first-order valence-corrected chi connectivity index (χ1v) is 9.17. The number of nitrogens with one attached hydrogen (secondary N) is 1. The maximum Gasteiger partial charge on any atom is 0.292 e. The third-order valence-electron chi connectivity index (χ3n) is 4.57. The van der Waals surface area contributed by atoms with Gasteiger partial charge >= 0.3 is 0 Å². The zero-order valence-electron chi connectivity index (χ0n) is 14.8. The van der Waals surface area contributed by atoms with Crippen molar-refractivity contribution >= 4 is 34.6 Å². The molecule has 2 aromatic carbocycles. The Hall–Kier alpha value is -2.64. The molecule has 0 atom stereocenters. The molecule has 1 aliphatic heterocycles. The Balaban J connectivity index is 1.46. The molecule has 1 N–H and O–H groups in total. The minimum absolute atomic E-state index is 0.0431. The number of anilines is 2. The second-order valence-electron chi connectivity index (χ2n) is 6.38. The zero-order chi connectivity index (χ0) is 19.2. The molecule has 1 saturated heterocycles. The lowest BCUT2D eigenvalue weighted by molar-refractivity contribution is -0.384. The molecule has 0 aliphatic carbocycles. The van der Waals surface area contributed by atoms with Crippen molar-refractivity contribution in [2.45, 2.75) is 6.42 Å². The van der Waals surface area contributed by atoms with E-state index in [1.54, 1.807) is 36.4 Å². The minimum atomic E-state index is -0.344. The molecular weight excluding hydrogens is 368 g/mol. The maximum absolute atomic E-state index is 12.1. The molecule has 0 aromatic heterocycles. The normalized spacial score (nSPS) is 14.8. The van der Waals surface area contributed by atoms with E-state index in [2.05, 4.69) is 10.2 Å². The SMILES string of the molecule is O=C(CCN1CCN(c2ccccc2[N+](=O)[O-])CC1)Nc1ccc(Cl)cc1. The largest absolute Gasteiger partial charge is 0.363 e. The molecule has 1 heterocycles. The van der Waals surface area contributed by atoms with Gasteiger partial charge in [-0.3, -0.25) is 19.8 Å². The molecule has 1 fully saturated rings. The highest BCUT2D eigenvalue weighted by Gasteiger charge is 2.23. The van der Waals surface area contributed by atoms with E-state index in [9.17, 15) is 14.9 Å². The van der Waals surface area contributed by atoms with Gasteiger partial charge in [-0.1, -0.05) is 23.7 Å². The first-order chi connectivity index (χ1) is 13.0. The first kappa shape index (κ1) is 19.1. The van der Waals surface area contributed by atoms with Crippen molar-refractivity contribution in [1.82, 2.24) is 4.90 Å². The van der Waals surface area contributed by atoms with Crippen LogP contribution in [0.2, 0.25) is 5.02 Å². The molecule has 2 aromatic rings. The topological polar surface area (TPSA) is 78.7 Å². The summed E-state index contributed by atoms with van der Waals surface area (Å²) in [4.78, 5) is 27.2. The highest BCUT2D eigenvalue weighted by molar-refractivity contribution is 6.30. The number of nitro benzene ring substituents is 1. The summed E-state index contributed by atoms with van der Waals surface area (Å²) in [6, 6.07) is 13.8. The molecule has 0 saturated carbocycles. The van der Waals surface area contributed by atoms with Gasteiger partial charge < -0.3 is 10.2 Å². The molecule has 1 aliphatic rings. The van der Waals surface area contributed by atoms with Crippen molar-refractivity contribution in [3.05, 3.63) is 63.7 Å². The molecule has 0 unspecified atom stereocenters. The standard InChI is InChI=1S/C19H21ClN4O3/c20-15-5-7-16(8-6-15)21-19(25)9-10-22-11-13-23(14-12-22)17-3-1-2-4-18(17)24(26)27/h1-8H,9-14H2,(H,21,25). The number of hydrogen-bond donors (Lipinski definition) is 1. The van der Waals surface area contributed by atoms with Gasteiger partial charge in [0.1, 0.15) is 5.69 Å². The number of rotatable bonds is 6. The Morgan fingerprint density at radius 1 is 1.07 bits per heavy atom. The summed E-state index contributed by atoms with van der Waals surface area (Å²) in [5.41, 5.74) is 1.52. The third kappa shape index (κ3) is 5.18. The van der Waals surface area contributed by atoms with Crippen LogP contribution in [-0.4, -0.2) is 48.5 Å². The lowest BCUT2D eigenvalue weighted by Gasteiger charge is -2.35. The average Bonchev–Trinajstić information content (AvgIpc) is 2.68. The lowest BCUT2D eigenvalue weighted by Crippen LogP contribution is -2.47. The number of piperazine rings is 1. The van der Waals surface area contributed by atoms with Crippen LogP contribution in [0.3, 0.4) is 0 Å². The second kappa shape index (κ2) is 8.83. The smallest absolute Gasteiger partial charge is 0.292 e. The lowest BCUT2D eigenvalue weighted by atomic mass is 10.2. The number of carbonyl (C=O) groups is 1. The second-order valence-corrected chi connectivity index (χ2v) is 6.82. The minimum Gasteiger partial charge on any atom is -0.363 e. The number of hydrogen-bond acceptors (Lipinski definition) is 5. The van der Waals surface area contributed by atoms with Crippen molar-refractivity contribution in [2.75, 3.05) is 42.9 Å². The van der Waals surface area contributed by atoms with Crippen molar-refractivity contribution in [3.8, 4) is 0 Å². The van der Waals surface area contributed by atoms with Crippen LogP contribution in [0, 0.1) is 10.1 Å². The van der Waals surface area contributed by atoms with E-state index in [1.165, 1.54) is 6.07 Å². The molecule has 0 spiro atoms. The van der Waals surface area contributed by atoms with E-state index in [0.29, 0.717) is 36.8 Å². The van der Waals surface area contributed by atoms with Crippen molar-refractivity contribution in [3.63, 3.8) is 0 Å². The molecule has 27 heavy (non-hydrogen) atoms. The molecular formula is C19H21ClN4O3. The number of carbonyl (C=O) groups excluding carboxylic acids is 1. The van der Waals surface area contributed by atoms with Gasteiger partial charge in [0, 0.05) is 55.9 Å². The Morgan fingerprint density at radius 3 is 2.41 bits per heavy atom. The van der Waals surface area contributed by atoms with E-state index in [-0.39, 0.29) is 16.5 Å². The average molecular weight is 389 g/mol. The third-order valence-corrected chi connectivity index (χ3v) is 4.83. The van der Waals surface area contributed by atoms with Crippen LogP contribution in [0.4, 0.5) is 17.1 Å². The number of nitro groups is 1. The molecule has 8 heteroatoms. The fourth-order valence-corrected chi connectivity index (χ4v) is 3.24. The predicted molar refractivity (Wildman–Crippen MR) is 106 cm³/mol. The molecule has 142 valence electrons. The fourth-order valence-electron chi connectivity index (χ4n) is 3.11. The van der Waals surface area contributed by atoms with E-state index in [4.69, 9.17) is 11.6 Å².